The third kappa shape index (κ3) is 4.65. The van der Waals surface area contributed by atoms with Crippen molar-refractivity contribution >= 4 is 24.8 Å². The summed E-state index contributed by atoms with van der Waals surface area (Å²) in [6.07, 6.45) is 3.85. The number of phenols is 2. The summed E-state index contributed by atoms with van der Waals surface area (Å²) >= 11 is 0. The molecular formula is C15H24Cl2N2O2. The van der Waals surface area contributed by atoms with Crippen LogP contribution in [0.4, 0.5) is 0 Å². The predicted molar refractivity (Wildman–Crippen MR) is 88.8 cm³/mol. The second-order valence-electron chi connectivity index (χ2n) is 5.73. The lowest BCUT2D eigenvalue weighted by Gasteiger charge is -2.35. The van der Waals surface area contributed by atoms with Crippen molar-refractivity contribution in [3.05, 3.63) is 23.8 Å². The Morgan fingerprint density at radius 1 is 1.10 bits per heavy atom. The quantitative estimate of drug-likeness (QED) is 0.741. The Bertz CT molecular complexity index is 449. The summed E-state index contributed by atoms with van der Waals surface area (Å²) in [6, 6.07) is 5.66. The molecule has 0 unspecified atom stereocenters. The smallest absolute Gasteiger partial charge is 0.157 e. The van der Waals surface area contributed by atoms with Crippen LogP contribution in [0.2, 0.25) is 0 Å². The highest BCUT2D eigenvalue weighted by Crippen LogP contribution is 2.41. The molecular weight excluding hydrogens is 311 g/mol. The highest BCUT2D eigenvalue weighted by atomic mass is 35.5. The maximum absolute atomic E-state index is 9.72. The number of halogens is 2. The normalized spacial score (nSPS) is 20.2. The highest BCUT2D eigenvalue weighted by molar-refractivity contribution is 5.85. The minimum absolute atomic E-state index is 0. The van der Waals surface area contributed by atoms with Crippen LogP contribution < -0.4 is 5.32 Å². The highest BCUT2D eigenvalue weighted by Gasteiger charge is 2.30. The molecule has 4 nitrogen and oxygen atoms in total. The van der Waals surface area contributed by atoms with E-state index in [1.807, 2.05) is 6.07 Å². The van der Waals surface area contributed by atoms with Gasteiger partial charge in [0.2, 0.25) is 0 Å². The summed E-state index contributed by atoms with van der Waals surface area (Å²) in [5.74, 6) is 0.804. The first-order chi connectivity index (χ1) is 9.24. The van der Waals surface area contributed by atoms with Gasteiger partial charge in [-0.15, -0.1) is 24.8 Å². The van der Waals surface area contributed by atoms with Gasteiger partial charge >= 0.3 is 0 Å². The molecule has 0 spiro atoms. The van der Waals surface area contributed by atoms with E-state index in [9.17, 15) is 10.2 Å². The fourth-order valence-electron chi connectivity index (χ4n) is 2.91. The Labute approximate surface area is 138 Å². The van der Waals surface area contributed by atoms with Gasteiger partial charge in [-0.1, -0.05) is 18.9 Å². The fourth-order valence-corrected chi connectivity index (χ4v) is 2.91. The molecule has 1 aliphatic carbocycles. The molecule has 1 aliphatic heterocycles. The van der Waals surface area contributed by atoms with Crippen molar-refractivity contribution < 1.29 is 10.2 Å². The Morgan fingerprint density at radius 2 is 1.76 bits per heavy atom. The number of phenolic OH excluding ortho intramolecular Hbond substituents is 2. The number of hydrogen-bond acceptors (Lipinski definition) is 4. The number of nitrogens with one attached hydrogen (secondary N) is 1. The van der Waals surface area contributed by atoms with E-state index in [4.69, 9.17) is 0 Å². The molecule has 3 N–H and O–H groups in total. The van der Waals surface area contributed by atoms with Gasteiger partial charge in [0.05, 0.1) is 0 Å². The molecule has 1 saturated carbocycles. The monoisotopic (exact) mass is 334 g/mol. The van der Waals surface area contributed by atoms with Crippen LogP contribution >= 0.6 is 24.8 Å². The molecule has 1 aromatic rings. The van der Waals surface area contributed by atoms with Crippen molar-refractivity contribution in [2.45, 2.75) is 25.3 Å². The minimum atomic E-state index is -0.0331. The Morgan fingerprint density at radius 3 is 2.33 bits per heavy atom. The molecule has 2 aliphatic rings. The second-order valence-corrected chi connectivity index (χ2v) is 5.73. The van der Waals surface area contributed by atoms with E-state index in [1.54, 1.807) is 12.1 Å². The number of benzene rings is 1. The Balaban J connectivity index is 0.00000110. The summed E-state index contributed by atoms with van der Waals surface area (Å²) in [6.45, 7) is 4.18. The van der Waals surface area contributed by atoms with Crippen molar-refractivity contribution in [2.24, 2.45) is 5.92 Å². The van der Waals surface area contributed by atoms with E-state index in [0.29, 0.717) is 6.04 Å². The zero-order chi connectivity index (χ0) is 13.2. The van der Waals surface area contributed by atoms with Gasteiger partial charge in [-0.05, 0) is 30.0 Å². The van der Waals surface area contributed by atoms with Crippen LogP contribution in [-0.2, 0) is 0 Å². The number of aromatic hydroxyl groups is 2. The van der Waals surface area contributed by atoms with E-state index in [0.717, 1.165) is 37.7 Å². The largest absolute Gasteiger partial charge is 0.504 e. The van der Waals surface area contributed by atoms with Gasteiger partial charge in [0.1, 0.15) is 0 Å². The summed E-state index contributed by atoms with van der Waals surface area (Å²) in [4.78, 5) is 2.50. The van der Waals surface area contributed by atoms with Gasteiger partial charge in [0.25, 0.3) is 0 Å². The van der Waals surface area contributed by atoms with Crippen LogP contribution in [0.15, 0.2) is 18.2 Å². The third-order valence-corrected chi connectivity index (χ3v) is 4.23. The standard InChI is InChI=1S/C15H22N2O2.2ClH/c18-14-4-3-12(10-15(14)19)13(9-11-1-2-11)17-7-5-16-6-8-17;;/h3-4,10-11,13,16,18-19H,1-2,5-9H2;2*1H/t13-;;/m0../s1. The topological polar surface area (TPSA) is 55.7 Å². The molecule has 1 heterocycles. The SMILES string of the molecule is Cl.Cl.Oc1ccc([C@H](CC2CC2)N2CCNCC2)cc1O. The molecule has 0 radical (unpaired) electrons. The van der Waals surface area contributed by atoms with E-state index >= 15 is 0 Å². The van der Waals surface area contributed by atoms with E-state index < -0.39 is 0 Å². The van der Waals surface area contributed by atoms with E-state index in [1.165, 1.54) is 19.3 Å². The molecule has 1 saturated heterocycles. The predicted octanol–water partition coefficient (Wildman–Crippen LogP) is 2.69. The molecule has 2 fully saturated rings. The second kappa shape index (κ2) is 8.08. The molecule has 0 bridgehead atoms. The molecule has 6 heteroatoms. The van der Waals surface area contributed by atoms with Gasteiger partial charge in [-0.25, -0.2) is 0 Å². The maximum Gasteiger partial charge on any atom is 0.157 e. The fraction of sp³-hybridized carbons (Fsp3) is 0.600. The molecule has 0 aromatic heterocycles. The summed E-state index contributed by atoms with van der Waals surface area (Å²) in [5, 5.41) is 22.6. The van der Waals surface area contributed by atoms with Crippen molar-refractivity contribution in [3.63, 3.8) is 0 Å². The van der Waals surface area contributed by atoms with Crippen molar-refractivity contribution in [1.29, 1.82) is 0 Å². The number of nitrogens with zero attached hydrogens (tertiary/aromatic N) is 1. The van der Waals surface area contributed by atoms with Gasteiger partial charge in [0.15, 0.2) is 11.5 Å². The molecule has 0 amide bonds. The zero-order valence-corrected chi connectivity index (χ0v) is 13.6. The number of rotatable bonds is 4. The number of piperazine rings is 1. The van der Waals surface area contributed by atoms with Gasteiger partial charge < -0.3 is 15.5 Å². The average molecular weight is 335 g/mol. The minimum Gasteiger partial charge on any atom is -0.504 e. The molecule has 1 atom stereocenters. The van der Waals surface area contributed by atoms with Crippen molar-refractivity contribution in [3.8, 4) is 11.5 Å². The molecule has 21 heavy (non-hydrogen) atoms. The summed E-state index contributed by atoms with van der Waals surface area (Å²) in [7, 11) is 0. The van der Waals surface area contributed by atoms with E-state index in [2.05, 4.69) is 10.2 Å². The van der Waals surface area contributed by atoms with Crippen LogP contribution in [0, 0.1) is 5.92 Å². The van der Waals surface area contributed by atoms with Crippen LogP contribution in [0.25, 0.3) is 0 Å². The first-order valence-electron chi connectivity index (χ1n) is 7.20. The molecule has 120 valence electrons. The first kappa shape index (κ1) is 18.4. The zero-order valence-electron chi connectivity index (χ0n) is 12.0. The Hall–Kier alpha value is -0.680. The van der Waals surface area contributed by atoms with Gasteiger partial charge in [0, 0.05) is 32.2 Å². The lowest BCUT2D eigenvalue weighted by molar-refractivity contribution is 0.160. The molecule has 3 rings (SSSR count). The lowest BCUT2D eigenvalue weighted by Crippen LogP contribution is -2.45. The lowest BCUT2D eigenvalue weighted by atomic mass is 9.98. The summed E-state index contributed by atoms with van der Waals surface area (Å²) < 4.78 is 0. The van der Waals surface area contributed by atoms with Crippen LogP contribution in [-0.4, -0.2) is 41.3 Å². The Kier molecular flexibility index (Phi) is 7.07. The maximum atomic E-state index is 9.72. The van der Waals surface area contributed by atoms with Crippen LogP contribution in [0.1, 0.15) is 30.9 Å². The van der Waals surface area contributed by atoms with Crippen LogP contribution in [0.3, 0.4) is 0 Å². The first-order valence-corrected chi connectivity index (χ1v) is 7.20. The van der Waals surface area contributed by atoms with Crippen LogP contribution in [0.5, 0.6) is 11.5 Å². The molecule has 1 aromatic carbocycles. The van der Waals surface area contributed by atoms with Gasteiger partial charge in [-0.2, -0.15) is 0 Å². The third-order valence-electron chi connectivity index (χ3n) is 4.23. The van der Waals surface area contributed by atoms with Crippen molar-refractivity contribution in [1.82, 2.24) is 10.2 Å². The van der Waals surface area contributed by atoms with Crippen molar-refractivity contribution in [2.75, 3.05) is 26.2 Å². The average Bonchev–Trinajstić information content (AvgIpc) is 3.24. The number of hydrogen-bond donors (Lipinski definition) is 3. The van der Waals surface area contributed by atoms with Gasteiger partial charge in [-0.3, -0.25) is 4.90 Å². The summed E-state index contributed by atoms with van der Waals surface area (Å²) in [5.41, 5.74) is 1.13. The van der Waals surface area contributed by atoms with E-state index in [-0.39, 0.29) is 36.3 Å².